The lowest BCUT2D eigenvalue weighted by Gasteiger charge is -2.17. The fourth-order valence-corrected chi connectivity index (χ4v) is 7.96. The maximum absolute atomic E-state index is 5.39. The molecule has 3 aromatic carbocycles. The van der Waals surface area contributed by atoms with Crippen molar-refractivity contribution in [1.82, 2.24) is 0 Å². The largest absolute Gasteiger partial charge is 0.208 e. The number of nitrogens with zero attached hydrogens (tertiary/aromatic N) is 2. The van der Waals surface area contributed by atoms with Gasteiger partial charge in [0.15, 0.2) is 6.54 Å². The third-order valence-corrected chi connectivity index (χ3v) is 11.1. The molecular weight excluding hydrogens is 629 g/mol. The zero-order chi connectivity index (χ0) is 37.4. The van der Waals surface area contributed by atoms with Crippen LogP contribution in [0.4, 0.5) is 5.69 Å². The number of aryl methyl sites for hydroxylation is 3. The third kappa shape index (κ3) is 14.4. The Morgan fingerprint density at radius 2 is 1.06 bits per heavy atom. The first-order valence-electron chi connectivity index (χ1n) is 22.1. The summed E-state index contributed by atoms with van der Waals surface area (Å²) in [4.78, 5) is 0. The summed E-state index contributed by atoms with van der Waals surface area (Å²) in [6.45, 7) is 17.0. The molecule has 0 aliphatic carbocycles. The molecule has 0 aromatic heterocycles. The van der Waals surface area contributed by atoms with Crippen LogP contribution in [0.25, 0.3) is 17.2 Å². The van der Waals surface area contributed by atoms with E-state index >= 15 is 0 Å². The number of hydrogen-bond acceptors (Lipinski definition) is 1. The Morgan fingerprint density at radius 1 is 0.538 bits per heavy atom. The van der Waals surface area contributed by atoms with Crippen molar-refractivity contribution in [3.63, 3.8) is 0 Å². The van der Waals surface area contributed by atoms with Crippen molar-refractivity contribution in [2.75, 3.05) is 6.54 Å². The van der Waals surface area contributed by atoms with Crippen LogP contribution < -0.4 is 0 Å². The summed E-state index contributed by atoms with van der Waals surface area (Å²) in [5, 5.41) is 5.39. The van der Waals surface area contributed by atoms with E-state index in [2.05, 4.69) is 114 Å². The standard InChI is InChI=1S/C50H77N2/c1-8-15-18-21-23-26-33-45-37-41(36-42(11-4)48(45)34-30-24-22-19-16-9-2)38-47(13-6)52(14-7)51-46-39-43(12-5)49(35-29-20-17-10-3)50(40-46)44-31-27-25-28-32-44/h25,27-28,31-32,36-40H,8-24,26,29-30,33-35H2,1-7H3/q+1. The average molecular weight is 706 g/mol. The number of unbranched alkanes of at least 4 members (excludes halogenated alkanes) is 13. The molecule has 0 saturated carbocycles. The first-order valence-corrected chi connectivity index (χ1v) is 22.1. The first kappa shape index (κ1) is 43.4. The van der Waals surface area contributed by atoms with Gasteiger partial charge < -0.3 is 0 Å². The quantitative estimate of drug-likeness (QED) is 0.0426. The maximum Gasteiger partial charge on any atom is 0.208 e. The van der Waals surface area contributed by atoms with Crippen molar-refractivity contribution in [2.24, 2.45) is 5.11 Å². The Bertz CT molecular complexity index is 1480. The van der Waals surface area contributed by atoms with Crippen molar-refractivity contribution >= 4 is 11.8 Å². The highest BCUT2D eigenvalue weighted by Gasteiger charge is 2.18. The van der Waals surface area contributed by atoms with Gasteiger partial charge in [-0.15, -0.1) is 0 Å². The molecule has 0 aliphatic heterocycles. The van der Waals surface area contributed by atoms with Gasteiger partial charge in [-0.25, -0.2) is 0 Å². The summed E-state index contributed by atoms with van der Waals surface area (Å²) in [5.41, 5.74) is 14.2. The second-order valence-electron chi connectivity index (χ2n) is 15.2. The van der Waals surface area contributed by atoms with E-state index in [0.717, 1.165) is 37.9 Å². The molecule has 0 radical (unpaired) electrons. The average Bonchev–Trinajstić information content (AvgIpc) is 3.18. The zero-order valence-electron chi connectivity index (χ0n) is 34.9. The molecule has 0 amide bonds. The molecule has 2 heteroatoms. The Labute approximate surface area is 321 Å². The van der Waals surface area contributed by atoms with Crippen molar-refractivity contribution < 1.29 is 4.70 Å². The summed E-state index contributed by atoms with van der Waals surface area (Å²) in [7, 11) is 0. The van der Waals surface area contributed by atoms with Gasteiger partial charge in [-0.1, -0.05) is 172 Å². The number of hydrogen-bond donors (Lipinski definition) is 0. The van der Waals surface area contributed by atoms with Crippen LogP contribution in [0, 0.1) is 0 Å². The van der Waals surface area contributed by atoms with Crippen LogP contribution in [0.5, 0.6) is 0 Å². The second-order valence-corrected chi connectivity index (χ2v) is 15.2. The van der Waals surface area contributed by atoms with Gasteiger partial charge in [0.1, 0.15) is 5.69 Å². The lowest BCUT2D eigenvalue weighted by atomic mass is 9.89. The molecule has 0 N–H and O–H groups in total. The molecule has 0 atom stereocenters. The highest BCUT2D eigenvalue weighted by molar-refractivity contribution is 5.72. The molecule has 3 aromatic rings. The van der Waals surface area contributed by atoms with E-state index in [1.807, 2.05) is 0 Å². The topological polar surface area (TPSA) is 15.4 Å². The van der Waals surface area contributed by atoms with Gasteiger partial charge in [-0.2, -0.15) is 0 Å². The van der Waals surface area contributed by atoms with Crippen molar-refractivity contribution in [3.05, 3.63) is 93.7 Å². The minimum absolute atomic E-state index is 0.849. The molecule has 52 heavy (non-hydrogen) atoms. The third-order valence-electron chi connectivity index (χ3n) is 11.1. The molecule has 0 saturated heterocycles. The van der Waals surface area contributed by atoms with E-state index in [-0.39, 0.29) is 0 Å². The predicted octanol–water partition coefficient (Wildman–Crippen LogP) is 16.0. The van der Waals surface area contributed by atoms with Crippen LogP contribution in [-0.4, -0.2) is 11.2 Å². The van der Waals surface area contributed by atoms with E-state index in [9.17, 15) is 0 Å². The van der Waals surface area contributed by atoms with E-state index in [1.54, 1.807) is 16.7 Å². The van der Waals surface area contributed by atoms with Gasteiger partial charge in [0, 0.05) is 12.5 Å². The van der Waals surface area contributed by atoms with Gasteiger partial charge in [-0.3, -0.25) is 0 Å². The molecule has 0 heterocycles. The number of benzene rings is 3. The van der Waals surface area contributed by atoms with Crippen molar-refractivity contribution in [3.8, 4) is 11.1 Å². The lowest BCUT2D eigenvalue weighted by Crippen LogP contribution is -2.08. The maximum atomic E-state index is 5.39. The van der Waals surface area contributed by atoms with Gasteiger partial charge in [0.25, 0.3) is 0 Å². The van der Waals surface area contributed by atoms with E-state index < -0.39 is 0 Å². The molecule has 0 fully saturated rings. The van der Waals surface area contributed by atoms with E-state index in [4.69, 9.17) is 5.11 Å². The molecule has 0 unspecified atom stereocenters. The summed E-state index contributed by atoms with van der Waals surface area (Å²) < 4.78 is 2.27. The van der Waals surface area contributed by atoms with Crippen LogP contribution in [-0.2, 0) is 32.1 Å². The lowest BCUT2D eigenvalue weighted by molar-refractivity contribution is -0.539. The van der Waals surface area contributed by atoms with E-state index in [1.165, 1.54) is 149 Å². The molecular formula is C50H77N2+. The summed E-state index contributed by atoms with van der Waals surface area (Å²) >= 11 is 0. The Morgan fingerprint density at radius 3 is 1.63 bits per heavy atom. The van der Waals surface area contributed by atoms with Gasteiger partial charge >= 0.3 is 0 Å². The van der Waals surface area contributed by atoms with Gasteiger partial charge in [0.2, 0.25) is 5.70 Å². The highest BCUT2D eigenvalue weighted by Crippen LogP contribution is 2.34. The molecule has 3 rings (SSSR count). The predicted molar refractivity (Wildman–Crippen MR) is 230 cm³/mol. The number of rotatable bonds is 27. The monoisotopic (exact) mass is 706 g/mol. The van der Waals surface area contributed by atoms with Crippen LogP contribution in [0.2, 0.25) is 0 Å². The number of allylic oxidation sites excluding steroid dienone is 1. The molecule has 286 valence electrons. The molecule has 0 spiro atoms. The zero-order valence-corrected chi connectivity index (χ0v) is 34.9. The first-order chi connectivity index (χ1) is 25.5. The summed E-state index contributed by atoms with van der Waals surface area (Å²) in [5.74, 6) is 0. The van der Waals surface area contributed by atoms with Crippen LogP contribution >= 0.6 is 0 Å². The normalized spacial score (nSPS) is 12.2. The minimum atomic E-state index is 0.849. The SMILES string of the molecule is CCCCCCCCc1cc(C=C(CC)[N+](CC)=Nc2cc(CC)c(CCCCCC)c(-c3ccccc3)c2)cc(CC)c1CCCCCCCC. The van der Waals surface area contributed by atoms with Crippen molar-refractivity contribution in [2.45, 2.75) is 190 Å². The van der Waals surface area contributed by atoms with Crippen LogP contribution in [0.3, 0.4) is 0 Å². The molecule has 2 nitrogen and oxygen atoms in total. The molecule has 0 bridgehead atoms. The number of azo groups is 2. The molecule has 0 aliphatic rings. The van der Waals surface area contributed by atoms with Gasteiger partial charge in [0.05, 0.1) is 0 Å². The van der Waals surface area contributed by atoms with Gasteiger partial charge in [-0.05, 0) is 120 Å². The highest BCUT2D eigenvalue weighted by atomic mass is 15.3. The Kier molecular flexibility index (Phi) is 21.6. The Balaban J connectivity index is 2.00. The van der Waals surface area contributed by atoms with Crippen molar-refractivity contribution in [1.29, 1.82) is 0 Å². The fraction of sp³-hybridized carbons (Fsp3) is 0.600. The smallest absolute Gasteiger partial charge is 0.0882 e. The summed E-state index contributed by atoms with van der Waals surface area (Å²) in [6.07, 6.45) is 30.5. The second kappa shape index (κ2) is 25.9. The fourth-order valence-electron chi connectivity index (χ4n) is 7.96. The summed E-state index contributed by atoms with van der Waals surface area (Å²) in [6, 6.07) is 20.8. The van der Waals surface area contributed by atoms with Crippen LogP contribution in [0.1, 0.15) is 191 Å². The minimum Gasteiger partial charge on any atom is -0.0882 e. The van der Waals surface area contributed by atoms with E-state index in [0.29, 0.717) is 0 Å². The van der Waals surface area contributed by atoms with Crippen LogP contribution in [0.15, 0.2) is 65.4 Å². The Hall–Kier alpha value is -3.00.